The number of allylic oxidation sites excluding steroid dienone is 2. The lowest BCUT2D eigenvalue weighted by molar-refractivity contribution is -0.132. The van der Waals surface area contributed by atoms with Crippen LogP contribution >= 0.6 is 0 Å². The molecule has 0 saturated heterocycles. The van der Waals surface area contributed by atoms with E-state index in [9.17, 15) is 5.11 Å². The normalized spacial score (nSPS) is 35.7. The molecule has 2 heteroatoms. The third-order valence-electron chi connectivity index (χ3n) is 13.6. The van der Waals surface area contributed by atoms with Gasteiger partial charge in [-0.25, -0.2) is 0 Å². The Kier molecular flexibility index (Phi) is 13.7. The van der Waals surface area contributed by atoms with Gasteiger partial charge >= 0.3 is 0 Å². The predicted molar refractivity (Wildman–Crippen MR) is 185 cm³/mol. The Bertz CT molecular complexity index is 834. The molecule has 248 valence electrons. The van der Waals surface area contributed by atoms with E-state index < -0.39 is 5.72 Å². The van der Waals surface area contributed by atoms with Crippen LogP contribution in [0.3, 0.4) is 0 Å². The van der Waals surface area contributed by atoms with E-state index in [1.54, 1.807) is 5.70 Å². The van der Waals surface area contributed by atoms with E-state index in [0.29, 0.717) is 6.04 Å². The zero-order valence-electron chi connectivity index (χ0n) is 29.1. The van der Waals surface area contributed by atoms with Crippen LogP contribution in [-0.4, -0.2) is 21.8 Å². The van der Waals surface area contributed by atoms with Crippen LogP contribution in [0.15, 0.2) is 11.3 Å². The lowest BCUT2D eigenvalue weighted by Crippen LogP contribution is -2.55. The van der Waals surface area contributed by atoms with E-state index in [0.717, 1.165) is 48.9 Å². The number of aliphatic hydroxyl groups is 1. The number of hydrogen-bond acceptors (Lipinski definition) is 2. The van der Waals surface area contributed by atoms with Crippen LogP contribution in [-0.2, 0) is 0 Å². The van der Waals surface area contributed by atoms with Crippen LogP contribution in [0.25, 0.3) is 0 Å². The van der Waals surface area contributed by atoms with Gasteiger partial charge in [0.05, 0.1) is 0 Å². The average Bonchev–Trinajstić information content (AvgIpc) is 3.05. The summed E-state index contributed by atoms with van der Waals surface area (Å²) >= 11 is 0. The lowest BCUT2D eigenvalue weighted by Gasteiger charge is -2.50. The highest BCUT2D eigenvalue weighted by Gasteiger charge is 2.44. The molecule has 5 aliphatic rings. The van der Waals surface area contributed by atoms with Crippen molar-refractivity contribution in [1.29, 1.82) is 0 Å². The molecule has 0 aromatic rings. The topological polar surface area (TPSA) is 23.5 Å². The van der Waals surface area contributed by atoms with Crippen LogP contribution < -0.4 is 0 Å². The molecule has 2 nitrogen and oxygen atoms in total. The van der Waals surface area contributed by atoms with Gasteiger partial charge in [0.15, 0.2) is 0 Å². The Morgan fingerprint density at radius 1 is 0.605 bits per heavy atom. The van der Waals surface area contributed by atoms with Gasteiger partial charge in [0.1, 0.15) is 5.72 Å². The fourth-order valence-electron chi connectivity index (χ4n) is 10.7. The van der Waals surface area contributed by atoms with Crippen molar-refractivity contribution in [2.45, 2.75) is 218 Å². The van der Waals surface area contributed by atoms with Crippen LogP contribution in [0.1, 0.15) is 206 Å². The van der Waals surface area contributed by atoms with E-state index in [1.807, 2.05) is 5.57 Å². The summed E-state index contributed by atoms with van der Waals surface area (Å²) in [6.07, 6.45) is 41.5. The Balaban J connectivity index is 1.50. The average molecular weight is 596 g/mol. The summed E-state index contributed by atoms with van der Waals surface area (Å²) in [5.74, 6) is 4.47. The first-order chi connectivity index (χ1) is 21.1. The summed E-state index contributed by atoms with van der Waals surface area (Å²) in [6.45, 7) is 4.62. The Labute approximate surface area is 268 Å². The monoisotopic (exact) mass is 596 g/mol. The van der Waals surface area contributed by atoms with Crippen molar-refractivity contribution in [3.63, 3.8) is 0 Å². The molecule has 1 aliphatic heterocycles. The molecule has 0 aromatic heterocycles. The predicted octanol–water partition coefficient (Wildman–Crippen LogP) is 12.5. The minimum atomic E-state index is -0.662. The fraction of sp³-hybridized carbons (Fsp3) is 0.951. The highest BCUT2D eigenvalue weighted by Crippen LogP contribution is 2.47. The Morgan fingerprint density at radius 3 is 1.86 bits per heavy atom. The van der Waals surface area contributed by atoms with Crippen molar-refractivity contribution in [1.82, 2.24) is 4.90 Å². The van der Waals surface area contributed by atoms with E-state index in [4.69, 9.17) is 0 Å². The van der Waals surface area contributed by atoms with Gasteiger partial charge in [0, 0.05) is 11.7 Å². The van der Waals surface area contributed by atoms with Crippen LogP contribution in [0.4, 0.5) is 0 Å². The molecule has 7 unspecified atom stereocenters. The van der Waals surface area contributed by atoms with E-state index in [2.05, 4.69) is 18.7 Å². The van der Waals surface area contributed by atoms with Crippen molar-refractivity contribution >= 4 is 0 Å². The first-order valence-corrected chi connectivity index (χ1v) is 20.3. The van der Waals surface area contributed by atoms with Gasteiger partial charge in [0.2, 0.25) is 0 Å². The molecule has 1 heterocycles. The maximum absolute atomic E-state index is 12.8. The van der Waals surface area contributed by atoms with Gasteiger partial charge in [-0.1, -0.05) is 129 Å². The molecule has 0 radical (unpaired) electrons. The van der Waals surface area contributed by atoms with Crippen molar-refractivity contribution in [3.8, 4) is 0 Å². The van der Waals surface area contributed by atoms with Crippen molar-refractivity contribution in [3.05, 3.63) is 11.3 Å². The first kappa shape index (κ1) is 33.9. The number of hydrogen-bond donors (Lipinski definition) is 1. The highest BCUT2D eigenvalue weighted by molar-refractivity contribution is 5.21. The van der Waals surface area contributed by atoms with Gasteiger partial charge in [-0.05, 0) is 113 Å². The summed E-state index contributed by atoms with van der Waals surface area (Å²) < 4.78 is 0. The summed E-state index contributed by atoms with van der Waals surface area (Å²) in [7, 11) is 0. The number of fused-ring (bicyclic) bond motifs is 7. The second-order valence-corrected chi connectivity index (χ2v) is 16.6. The summed E-state index contributed by atoms with van der Waals surface area (Å²) in [5, 5.41) is 12.8. The van der Waals surface area contributed by atoms with Crippen LogP contribution in [0, 0.1) is 29.6 Å². The summed E-state index contributed by atoms with van der Waals surface area (Å²) in [6, 6.07) is 0.558. The van der Waals surface area contributed by atoms with Gasteiger partial charge in [0.25, 0.3) is 0 Å². The quantitative estimate of drug-likeness (QED) is 0.342. The van der Waals surface area contributed by atoms with Crippen molar-refractivity contribution < 1.29 is 5.11 Å². The fourth-order valence-corrected chi connectivity index (χ4v) is 10.7. The van der Waals surface area contributed by atoms with Crippen molar-refractivity contribution in [2.24, 2.45) is 29.6 Å². The first-order valence-electron chi connectivity index (χ1n) is 20.3. The smallest absolute Gasteiger partial charge is 0.137 e. The minimum Gasteiger partial charge on any atom is -0.371 e. The Morgan fingerprint density at radius 2 is 1.16 bits per heavy atom. The zero-order valence-corrected chi connectivity index (χ0v) is 29.1. The van der Waals surface area contributed by atoms with E-state index in [1.165, 1.54) is 173 Å². The number of rotatable bonds is 5. The number of unbranched alkanes of at least 4 members (excludes halogenated alkanes) is 1. The van der Waals surface area contributed by atoms with Gasteiger partial charge < -0.3 is 10.0 Å². The molecule has 7 atom stereocenters. The second kappa shape index (κ2) is 17.4. The molecule has 0 spiro atoms. The van der Waals surface area contributed by atoms with Gasteiger partial charge in [-0.15, -0.1) is 0 Å². The Hall–Kier alpha value is -0.500. The lowest BCUT2D eigenvalue weighted by atomic mass is 9.81. The molecular formula is C41H73NO. The van der Waals surface area contributed by atoms with Gasteiger partial charge in [-0.2, -0.15) is 0 Å². The number of nitrogens with zero attached hydrogens (tertiary/aromatic N) is 1. The molecule has 0 amide bonds. The van der Waals surface area contributed by atoms with E-state index >= 15 is 0 Å². The molecule has 5 rings (SSSR count). The largest absolute Gasteiger partial charge is 0.371 e. The third-order valence-corrected chi connectivity index (χ3v) is 13.6. The van der Waals surface area contributed by atoms with Crippen molar-refractivity contribution in [2.75, 3.05) is 0 Å². The SMILES string of the molecule is CCCCC(O)(CC)N1C2=C(CCC3CCC(CCC4CCCCCCCC(CC4)C3)C2)CCC2CCCCCCCC21. The second-order valence-electron chi connectivity index (χ2n) is 16.6. The molecular weight excluding hydrogens is 522 g/mol. The molecule has 3 saturated carbocycles. The van der Waals surface area contributed by atoms with E-state index in [-0.39, 0.29) is 0 Å². The maximum atomic E-state index is 12.8. The minimum absolute atomic E-state index is 0.558. The molecule has 0 aromatic carbocycles. The molecule has 4 aliphatic carbocycles. The highest BCUT2D eigenvalue weighted by atomic mass is 16.3. The van der Waals surface area contributed by atoms with Crippen LogP contribution in [0.2, 0.25) is 0 Å². The standard InChI is InChI=1S/C41H73NO/c1-3-5-30-41(43,4-2)42-39-19-15-11-7-10-14-18-37(39)28-29-38-27-26-35-24-25-36(32-40(38)42)23-21-33-16-12-8-6-9-13-17-34(31-35)22-20-33/h33-37,39,43H,3-32H2,1-2H3. The molecule has 3 fully saturated rings. The zero-order chi connectivity index (χ0) is 29.9. The summed E-state index contributed by atoms with van der Waals surface area (Å²) in [5.41, 5.74) is 2.85. The molecule has 43 heavy (non-hydrogen) atoms. The molecule has 1 N–H and O–H groups in total. The molecule has 4 bridgehead atoms. The third kappa shape index (κ3) is 9.51. The van der Waals surface area contributed by atoms with Crippen LogP contribution in [0.5, 0.6) is 0 Å². The maximum Gasteiger partial charge on any atom is 0.137 e. The van der Waals surface area contributed by atoms with Gasteiger partial charge in [-0.3, -0.25) is 0 Å². The summed E-state index contributed by atoms with van der Waals surface area (Å²) in [4.78, 5) is 2.84.